The Morgan fingerprint density at radius 1 is 1.00 bits per heavy atom. The van der Waals surface area contributed by atoms with Crippen LogP contribution < -0.4 is 11.9 Å². The van der Waals surface area contributed by atoms with Crippen molar-refractivity contribution < 1.29 is 9.90 Å². The Bertz CT molecular complexity index is 190. The first-order valence-electron chi connectivity index (χ1n) is 5.81. The number of rotatable bonds is 0. The standard InChI is InChI=1S/C6H12N4.C2H5NO.C2H6O.H3N/c1-7-2-9-4-8(1)5-10(3-7)6-9;1-2(3)4;1-2-3;/h1-6H2;1H3,(H2,3,4);3H,2H2,1H3;1H3. The zero-order valence-electron chi connectivity index (χ0n) is 11.4. The quantitative estimate of drug-likeness (QED) is 0.494. The number of aliphatic hydroxyl groups is 1. The summed E-state index contributed by atoms with van der Waals surface area (Å²) >= 11 is 0. The van der Waals surface area contributed by atoms with Gasteiger partial charge in [0.1, 0.15) is 0 Å². The Morgan fingerprint density at radius 3 is 1.22 bits per heavy atom. The molecular formula is C10H26N6O2. The van der Waals surface area contributed by atoms with Crippen molar-refractivity contribution in [3.8, 4) is 0 Å². The molecule has 6 N–H and O–H groups in total. The maximum absolute atomic E-state index is 9.22. The number of hydrogen-bond donors (Lipinski definition) is 3. The third-order valence-electron chi connectivity index (χ3n) is 2.40. The Balaban J connectivity index is 0.000000314. The van der Waals surface area contributed by atoms with Crippen LogP contribution in [0.25, 0.3) is 0 Å². The zero-order chi connectivity index (χ0) is 12.8. The molecular weight excluding hydrogens is 236 g/mol. The molecule has 8 heteroatoms. The van der Waals surface area contributed by atoms with Crippen LogP contribution in [0.2, 0.25) is 0 Å². The molecule has 4 aliphatic rings. The van der Waals surface area contributed by atoms with Gasteiger partial charge in [-0.25, -0.2) is 0 Å². The number of aliphatic hydroxyl groups excluding tert-OH is 1. The topological polar surface area (TPSA) is 111 Å². The Hall–Kier alpha value is -0.770. The van der Waals surface area contributed by atoms with Crippen LogP contribution >= 0.6 is 0 Å². The van der Waals surface area contributed by atoms with Crippen molar-refractivity contribution in [1.29, 1.82) is 0 Å². The van der Waals surface area contributed by atoms with Crippen molar-refractivity contribution in [3.05, 3.63) is 0 Å². The van der Waals surface area contributed by atoms with Crippen molar-refractivity contribution >= 4 is 5.91 Å². The van der Waals surface area contributed by atoms with Crippen LogP contribution in [0, 0.1) is 0 Å². The second-order valence-electron chi connectivity index (χ2n) is 4.46. The lowest BCUT2D eigenvalue weighted by Crippen LogP contribution is -2.71. The van der Waals surface area contributed by atoms with Crippen molar-refractivity contribution in [3.63, 3.8) is 0 Å². The van der Waals surface area contributed by atoms with Gasteiger partial charge in [-0.1, -0.05) is 0 Å². The SMILES string of the molecule is C1N2CN3CN1CN(C2)C3.CC(N)=O.CCO.N. The lowest BCUT2D eigenvalue weighted by Gasteiger charge is -2.56. The number of primary amides is 1. The molecule has 0 aromatic carbocycles. The van der Waals surface area contributed by atoms with E-state index in [-0.39, 0.29) is 18.7 Å². The number of carbonyl (C=O) groups excluding carboxylic acids is 1. The first kappa shape index (κ1) is 17.2. The first-order valence-corrected chi connectivity index (χ1v) is 5.81. The van der Waals surface area contributed by atoms with Crippen molar-refractivity contribution in [2.24, 2.45) is 5.73 Å². The minimum Gasteiger partial charge on any atom is -0.397 e. The van der Waals surface area contributed by atoms with Gasteiger partial charge in [-0.3, -0.25) is 24.4 Å². The second-order valence-corrected chi connectivity index (χ2v) is 4.46. The number of nitrogens with two attached hydrogens (primary N) is 1. The average Bonchev–Trinajstić information content (AvgIpc) is 2.14. The average molecular weight is 262 g/mol. The highest BCUT2D eigenvalue weighted by Crippen LogP contribution is 2.20. The number of nitrogens with zero attached hydrogens (tertiary/aromatic N) is 4. The van der Waals surface area contributed by atoms with E-state index in [1.165, 1.54) is 46.9 Å². The molecule has 0 aromatic rings. The van der Waals surface area contributed by atoms with E-state index in [1.807, 2.05) is 0 Å². The van der Waals surface area contributed by atoms with E-state index in [9.17, 15) is 4.79 Å². The fourth-order valence-electron chi connectivity index (χ4n) is 2.23. The second kappa shape index (κ2) is 8.35. The summed E-state index contributed by atoms with van der Waals surface area (Å²) in [5.74, 6) is -0.333. The Morgan fingerprint density at radius 2 is 1.11 bits per heavy atom. The van der Waals surface area contributed by atoms with Crippen LogP contribution in [-0.2, 0) is 4.79 Å². The van der Waals surface area contributed by atoms with Crippen molar-refractivity contribution in [1.82, 2.24) is 25.8 Å². The minimum absolute atomic E-state index is 0. The molecule has 0 unspecified atom stereocenters. The molecule has 1 amide bonds. The molecule has 108 valence electrons. The van der Waals surface area contributed by atoms with E-state index in [1.54, 1.807) is 6.92 Å². The van der Waals surface area contributed by atoms with Crippen LogP contribution in [0.4, 0.5) is 0 Å². The van der Waals surface area contributed by atoms with Gasteiger partial charge in [0, 0.05) is 13.5 Å². The summed E-state index contributed by atoms with van der Waals surface area (Å²) in [5.41, 5.74) is 4.47. The third kappa shape index (κ3) is 5.71. The van der Waals surface area contributed by atoms with Gasteiger partial charge in [-0.15, -0.1) is 0 Å². The van der Waals surface area contributed by atoms with Gasteiger partial charge in [0.25, 0.3) is 0 Å². The molecule has 4 aliphatic heterocycles. The summed E-state index contributed by atoms with van der Waals surface area (Å²) < 4.78 is 0. The van der Waals surface area contributed by atoms with Crippen LogP contribution in [-0.4, -0.2) is 77.2 Å². The van der Waals surface area contributed by atoms with Gasteiger partial charge in [0.15, 0.2) is 0 Å². The minimum atomic E-state index is -0.333. The summed E-state index contributed by atoms with van der Waals surface area (Å²) in [4.78, 5) is 19.1. The summed E-state index contributed by atoms with van der Waals surface area (Å²) in [6, 6.07) is 0. The molecule has 0 spiro atoms. The Kier molecular flexibility index (Phi) is 8.00. The van der Waals surface area contributed by atoms with Crippen molar-refractivity contribution in [2.75, 3.05) is 46.6 Å². The van der Waals surface area contributed by atoms with E-state index in [0.29, 0.717) is 0 Å². The normalized spacial score (nSPS) is 34.4. The number of hydrogen-bond acceptors (Lipinski definition) is 7. The van der Waals surface area contributed by atoms with Gasteiger partial charge in [-0.2, -0.15) is 0 Å². The number of carbonyl (C=O) groups is 1. The molecule has 0 atom stereocenters. The van der Waals surface area contributed by atoms with Crippen LogP contribution in [0.15, 0.2) is 0 Å². The van der Waals surface area contributed by atoms with E-state index >= 15 is 0 Å². The summed E-state index contributed by atoms with van der Waals surface area (Å²) in [6.07, 6.45) is 0. The van der Waals surface area contributed by atoms with E-state index in [0.717, 1.165) is 0 Å². The number of amides is 1. The smallest absolute Gasteiger partial charge is 0.214 e. The molecule has 0 aliphatic carbocycles. The highest BCUT2D eigenvalue weighted by atomic mass is 16.2. The van der Waals surface area contributed by atoms with Gasteiger partial charge in [-0.05, 0) is 6.92 Å². The van der Waals surface area contributed by atoms with Gasteiger partial charge < -0.3 is 17.0 Å². The summed E-state index contributed by atoms with van der Waals surface area (Å²) in [6.45, 7) is 10.4. The predicted octanol–water partition coefficient (Wildman–Crippen LogP) is -1.37. The van der Waals surface area contributed by atoms with Gasteiger partial charge in [0.2, 0.25) is 5.91 Å². The highest BCUT2D eigenvalue weighted by Gasteiger charge is 2.36. The van der Waals surface area contributed by atoms with Crippen LogP contribution in [0.1, 0.15) is 13.8 Å². The molecule has 4 rings (SSSR count). The van der Waals surface area contributed by atoms with Gasteiger partial charge >= 0.3 is 0 Å². The summed E-state index contributed by atoms with van der Waals surface area (Å²) in [7, 11) is 0. The molecule has 4 heterocycles. The lowest BCUT2D eigenvalue weighted by atomic mass is 10.4. The largest absolute Gasteiger partial charge is 0.397 e. The zero-order valence-corrected chi connectivity index (χ0v) is 11.4. The third-order valence-corrected chi connectivity index (χ3v) is 2.40. The fraction of sp³-hybridized carbons (Fsp3) is 0.900. The molecule has 0 saturated carbocycles. The lowest BCUT2D eigenvalue weighted by molar-refractivity contribution is -0.194. The van der Waals surface area contributed by atoms with E-state index in [2.05, 4.69) is 25.3 Å². The Labute approximate surface area is 108 Å². The molecule has 0 aromatic heterocycles. The van der Waals surface area contributed by atoms with E-state index < -0.39 is 0 Å². The highest BCUT2D eigenvalue weighted by molar-refractivity contribution is 5.70. The maximum Gasteiger partial charge on any atom is 0.214 e. The van der Waals surface area contributed by atoms with Gasteiger partial charge in [0.05, 0.1) is 40.0 Å². The van der Waals surface area contributed by atoms with Crippen LogP contribution in [0.5, 0.6) is 0 Å². The predicted molar refractivity (Wildman–Crippen MR) is 69.2 cm³/mol. The maximum atomic E-state index is 9.22. The molecule has 0 radical (unpaired) electrons. The molecule has 18 heavy (non-hydrogen) atoms. The van der Waals surface area contributed by atoms with E-state index in [4.69, 9.17) is 5.11 Å². The molecule has 8 nitrogen and oxygen atoms in total. The first-order chi connectivity index (χ1) is 8.05. The summed E-state index contributed by atoms with van der Waals surface area (Å²) in [5, 5.41) is 7.57. The molecule has 4 saturated heterocycles. The fourth-order valence-corrected chi connectivity index (χ4v) is 2.23. The molecule has 4 bridgehead atoms. The van der Waals surface area contributed by atoms with Crippen molar-refractivity contribution in [2.45, 2.75) is 13.8 Å². The van der Waals surface area contributed by atoms with Crippen LogP contribution in [0.3, 0.4) is 0 Å². The molecule has 4 fully saturated rings. The monoisotopic (exact) mass is 262 g/mol.